The summed E-state index contributed by atoms with van der Waals surface area (Å²) in [6.07, 6.45) is 3.06. The molecule has 2 aliphatic rings. The third-order valence-electron chi connectivity index (χ3n) is 4.14. The minimum Gasteiger partial charge on any atom is -0.343 e. The van der Waals surface area contributed by atoms with Crippen LogP contribution >= 0.6 is 0 Å². The number of fused-ring (bicyclic) bond motifs is 1. The Bertz CT molecular complexity index is 572. The summed E-state index contributed by atoms with van der Waals surface area (Å²) >= 11 is 0. The highest BCUT2D eigenvalue weighted by Gasteiger charge is 2.35. The summed E-state index contributed by atoms with van der Waals surface area (Å²) in [5.41, 5.74) is 0.924. The second-order valence-electron chi connectivity index (χ2n) is 5.65. The summed E-state index contributed by atoms with van der Waals surface area (Å²) in [6, 6.07) is 7.24. The van der Waals surface area contributed by atoms with Gasteiger partial charge in [-0.2, -0.15) is 0 Å². The fraction of sp³-hybridized carbons (Fsp3) is 0.438. The van der Waals surface area contributed by atoms with Crippen LogP contribution in [0.3, 0.4) is 0 Å². The Kier molecular flexibility index (Phi) is 3.49. The fourth-order valence-electron chi connectivity index (χ4n) is 2.67. The van der Waals surface area contributed by atoms with Crippen molar-refractivity contribution >= 4 is 17.7 Å². The van der Waals surface area contributed by atoms with Gasteiger partial charge in [0.2, 0.25) is 5.91 Å². The largest absolute Gasteiger partial charge is 0.343 e. The lowest BCUT2D eigenvalue weighted by Crippen LogP contribution is -2.33. The monoisotopic (exact) mass is 286 g/mol. The number of hydrogen-bond donors (Lipinski definition) is 0. The Balaban J connectivity index is 1.56. The van der Waals surface area contributed by atoms with Gasteiger partial charge in [-0.15, -0.1) is 0 Å². The highest BCUT2D eigenvalue weighted by molar-refractivity contribution is 6.21. The van der Waals surface area contributed by atoms with Crippen LogP contribution in [0.4, 0.5) is 0 Å². The maximum Gasteiger partial charge on any atom is 0.261 e. The molecule has 1 heterocycles. The molecule has 5 heteroatoms. The Morgan fingerprint density at radius 1 is 1.19 bits per heavy atom. The summed E-state index contributed by atoms with van der Waals surface area (Å²) in [6.45, 7) is 0.302. The van der Waals surface area contributed by atoms with Crippen LogP contribution in [0.1, 0.15) is 46.4 Å². The standard InChI is InChI=1S/C16H18N2O3/c1-17(11-8-9-11)14(19)7-4-10-18-15(20)12-5-2-3-6-13(12)16(18)21/h2-3,5-6,11H,4,7-10H2,1H3. The normalized spacial score (nSPS) is 17.1. The fourth-order valence-corrected chi connectivity index (χ4v) is 2.67. The molecular formula is C16H18N2O3. The van der Waals surface area contributed by atoms with Gasteiger partial charge in [0.15, 0.2) is 0 Å². The van der Waals surface area contributed by atoms with Crippen LogP contribution in [0.5, 0.6) is 0 Å². The molecule has 0 unspecified atom stereocenters. The third-order valence-corrected chi connectivity index (χ3v) is 4.14. The molecule has 0 saturated heterocycles. The number of carbonyl (C=O) groups excluding carboxylic acids is 3. The third kappa shape index (κ3) is 2.55. The first-order valence-corrected chi connectivity index (χ1v) is 7.30. The van der Waals surface area contributed by atoms with Crippen LogP contribution in [-0.4, -0.2) is 47.2 Å². The molecule has 3 rings (SSSR count). The van der Waals surface area contributed by atoms with E-state index < -0.39 is 0 Å². The molecule has 0 atom stereocenters. The average Bonchev–Trinajstić information content (AvgIpc) is 3.31. The topological polar surface area (TPSA) is 57.7 Å². The first-order valence-electron chi connectivity index (χ1n) is 7.30. The second kappa shape index (κ2) is 5.31. The summed E-state index contributed by atoms with van der Waals surface area (Å²) in [5, 5.41) is 0. The van der Waals surface area contributed by atoms with Crippen molar-refractivity contribution in [1.29, 1.82) is 0 Å². The number of amides is 3. The van der Waals surface area contributed by atoms with Gasteiger partial charge < -0.3 is 4.90 Å². The van der Waals surface area contributed by atoms with Crippen molar-refractivity contribution in [2.45, 2.75) is 31.7 Å². The molecule has 21 heavy (non-hydrogen) atoms. The van der Waals surface area contributed by atoms with Crippen molar-refractivity contribution in [3.63, 3.8) is 0 Å². The SMILES string of the molecule is CN(C(=O)CCCN1C(=O)c2ccccc2C1=O)C1CC1. The van der Waals surface area contributed by atoms with Gasteiger partial charge in [-0.3, -0.25) is 19.3 Å². The van der Waals surface area contributed by atoms with Crippen LogP contribution in [0, 0.1) is 0 Å². The summed E-state index contributed by atoms with van der Waals surface area (Å²) in [5.74, 6) is -0.411. The quantitative estimate of drug-likeness (QED) is 0.774. The van der Waals surface area contributed by atoms with E-state index in [0.717, 1.165) is 12.8 Å². The maximum atomic E-state index is 12.1. The minimum atomic E-state index is -0.251. The van der Waals surface area contributed by atoms with E-state index in [4.69, 9.17) is 0 Å². The Labute approximate surface area is 123 Å². The van der Waals surface area contributed by atoms with Crippen molar-refractivity contribution in [2.24, 2.45) is 0 Å². The molecule has 1 aromatic carbocycles. The highest BCUT2D eigenvalue weighted by atomic mass is 16.2. The number of imide groups is 1. The van der Waals surface area contributed by atoms with E-state index in [0.29, 0.717) is 36.6 Å². The van der Waals surface area contributed by atoms with E-state index in [9.17, 15) is 14.4 Å². The zero-order valence-corrected chi connectivity index (χ0v) is 12.0. The first kappa shape index (κ1) is 13.8. The Morgan fingerprint density at radius 3 is 2.29 bits per heavy atom. The Morgan fingerprint density at radius 2 is 1.76 bits per heavy atom. The molecule has 5 nitrogen and oxygen atoms in total. The second-order valence-corrected chi connectivity index (χ2v) is 5.65. The molecule has 1 aromatic rings. The van der Waals surface area contributed by atoms with Crippen molar-refractivity contribution in [2.75, 3.05) is 13.6 Å². The van der Waals surface area contributed by atoms with E-state index in [-0.39, 0.29) is 17.7 Å². The van der Waals surface area contributed by atoms with Crippen LogP contribution in [0.2, 0.25) is 0 Å². The van der Waals surface area contributed by atoms with Gasteiger partial charge in [0, 0.05) is 26.1 Å². The summed E-state index contributed by atoms with van der Waals surface area (Å²) in [4.78, 5) is 39.2. The van der Waals surface area contributed by atoms with Crippen LogP contribution in [0.15, 0.2) is 24.3 Å². The van der Waals surface area contributed by atoms with Crippen molar-refractivity contribution in [1.82, 2.24) is 9.80 Å². The minimum absolute atomic E-state index is 0.0918. The zero-order chi connectivity index (χ0) is 15.0. The molecule has 1 aliphatic heterocycles. The molecule has 1 fully saturated rings. The average molecular weight is 286 g/mol. The van der Waals surface area contributed by atoms with Crippen LogP contribution in [0.25, 0.3) is 0 Å². The molecule has 1 aliphatic carbocycles. The lowest BCUT2D eigenvalue weighted by Gasteiger charge is -2.17. The summed E-state index contributed by atoms with van der Waals surface area (Å²) in [7, 11) is 1.82. The first-order chi connectivity index (χ1) is 10.1. The zero-order valence-electron chi connectivity index (χ0n) is 12.0. The smallest absolute Gasteiger partial charge is 0.261 e. The van der Waals surface area contributed by atoms with Gasteiger partial charge in [-0.1, -0.05) is 12.1 Å². The van der Waals surface area contributed by atoms with E-state index >= 15 is 0 Å². The number of nitrogens with zero attached hydrogens (tertiary/aromatic N) is 2. The molecule has 0 spiro atoms. The molecule has 0 bridgehead atoms. The highest BCUT2D eigenvalue weighted by Crippen LogP contribution is 2.26. The van der Waals surface area contributed by atoms with Gasteiger partial charge in [0.1, 0.15) is 0 Å². The van der Waals surface area contributed by atoms with Gasteiger partial charge in [0.25, 0.3) is 11.8 Å². The molecule has 1 saturated carbocycles. The van der Waals surface area contributed by atoms with Gasteiger partial charge in [-0.05, 0) is 31.4 Å². The van der Waals surface area contributed by atoms with E-state index in [1.807, 2.05) is 7.05 Å². The molecular weight excluding hydrogens is 268 g/mol. The van der Waals surface area contributed by atoms with E-state index in [1.54, 1.807) is 29.2 Å². The molecule has 3 amide bonds. The van der Waals surface area contributed by atoms with Gasteiger partial charge >= 0.3 is 0 Å². The van der Waals surface area contributed by atoms with Crippen molar-refractivity contribution in [3.05, 3.63) is 35.4 Å². The Hall–Kier alpha value is -2.17. The van der Waals surface area contributed by atoms with Crippen LogP contribution in [-0.2, 0) is 4.79 Å². The molecule has 0 N–H and O–H groups in total. The number of hydrogen-bond acceptors (Lipinski definition) is 3. The number of benzene rings is 1. The number of carbonyl (C=O) groups is 3. The lowest BCUT2D eigenvalue weighted by atomic mass is 10.1. The predicted molar refractivity (Wildman–Crippen MR) is 76.8 cm³/mol. The number of rotatable bonds is 5. The van der Waals surface area contributed by atoms with E-state index in [1.165, 1.54) is 4.90 Å². The van der Waals surface area contributed by atoms with Crippen molar-refractivity contribution < 1.29 is 14.4 Å². The molecule has 0 radical (unpaired) electrons. The van der Waals surface area contributed by atoms with Crippen LogP contribution < -0.4 is 0 Å². The molecule has 0 aromatic heterocycles. The maximum absolute atomic E-state index is 12.1. The predicted octanol–water partition coefficient (Wildman–Crippen LogP) is 1.68. The van der Waals surface area contributed by atoms with E-state index in [2.05, 4.69) is 0 Å². The van der Waals surface area contributed by atoms with Gasteiger partial charge in [-0.25, -0.2) is 0 Å². The summed E-state index contributed by atoms with van der Waals surface area (Å²) < 4.78 is 0. The van der Waals surface area contributed by atoms with Gasteiger partial charge in [0.05, 0.1) is 11.1 Å². The molecule has 110 valence electrons. The van der Waals surface area contributed by atoms with Crippen molar-refractivity contribution in [3.8, 4) is 0 Å². The lowest BCUT2D eigenvalue weighted by molar-refractivity contribution is -0.130.